The second-order valence-electron chi connectivity index (χ2n) is 12.6. The van der Waals surface area contributed by atoms with Gasteiger partial charge in [-0.1, -0.05) is 46.2 Å². The van der Waals surface area contributed by atoms with E-state index in [-0.39, 0.29) is 46.9 Å². The molecule has 2 amide bonds. The number of morpholine rings is 1. The van der Waals surface area contributed by atoms with Gasteiger partial charge in [-0.15, -0.1) is 0 Å². The zero-order chi connectivity index (χ0) is 38.2. The first-order valence-corrected chi connectivity index (χ1v) is 17.8. The molecule has 0 saturated carbocycles. The van der Waals surface area contributed by atoms with E-state index in [9.17, 15) is 34.5 Å². The second-order valence-corrected chi connectivity index (χ2v) is 12.6. The fraction of sp³-hybridized carbons (Fsp3) is 0.568. The van der Waals surface area contributed by atoms with Crippen LogP contribution in [0.5, 0.6) is 17.2 Å². The van der Waals surface area contributed by atoms with E-state index in [1.165, 1.54) is 38.8 Å². The van der Waals surface area contributed by atoms with Gasteiger partial charge in [0.1, 0.15) is 29.1 Å². The number of phenolic OH excluding ortho intramolecular Hbond substituents is 2. The molecule has 2 aliphatic heterocycles. The van der Waals surface area contributed by atoms with Gasteiger partial charge in [0.15, 0.2) is 12.1 Å². The molecule has 2 fully saturated rings. The van der Waals surface area contributed by atoms with Crippen molar-refractivity contribution in [1.29, 1.82) is 0 Å². The highest BCUT2D eigenvalue weighted by Gasteiger charge is 2.50. The Morgan fingerprint density at radius 1 is 1.02 bits per heavy atom. The second kappa shape index (κ2) is 18.1. The molecule has 0 bridgehead atoms. The van der Waals surface area contributed by atoms with Crippen molar-refractivity contribution < 1.29 is 58.2 Å². The first-order valence-electron chi connectivity index (χ1n) is 17.8. The number of nitrogens with one attached hydrogen (secondary N) is 3. The lowest BCUT2D eigenvalue weighted by atomic mass is 9.72. The summed E-state index contributed by atoms with van der Waals surface area (Å²) in [5.74, 6) is -4.14. The first kappa shape index (κ1) is 40.6. The summed E-state index contributed by atoms with van der Waals surface area (Å²) in [7, 11) is 2.73. The summed E-state index contributed by atoms with van der Waals surface area (Å²) in [5, 5.41) is 43.0. The number of phenols is 2. The van der Waals surface area contributed by atoms with Crippen LogP contribution in [-0.2, 0) is 35.0 Å². The van der Waals surface area contributed by atoms with E-state index < -0.39 is 83.4 Å². The average molecular weight is 730 g/mol. The molecule has 52 heavy (non-hydrogen) atoms. The molecule has 2 saturated heterocycles. The Morgan fingerprint density at radius 3 is 2.35 bits per heavy atom. The number of hydrogen-bond donors (Lipinski definition) is 6. The van der Waals surface area contributed by atoms with Gasteiger partial charge in [0, 0.05) is 49.5 Å². The lowest BCUT2D eigenvalue weighted by Gasteiger charge is -2.41. The van der Waals surface area contributed by atoms with E-state index in [2.05, 4.69) is 29.8 Å². The van der Waals surface area contributed by atoms with E-state index in [4.69, 9.17) is 23.7 Å². The quantitative estimate of drug-likeness (QED) is 0.184. The Morgan fingerprint density at radius 2 is 1.73 bits per heavy atom. The van der Waals surface area contributed by atoms with Crippen LogP contribution in [0.15, 0.2) is 18.2 Å². The standard InChI is InChI=1S/C32H37N3O12.C3H8.C2H6/c1-33-20(36)12-35-31(41)32(42)10-17-24(19(11-32)47-22-7-6-15(13-45-22)46-21-14-44-9-8-34-21)30(40)26-25(28(17)38)27(37)16-4-3-5-18(43-2)23(16)29(26)39;1-3-2;1-2/h3-5,15,19,21-22,34,38,40,42H,6-14H2,1-2H3,(H,33,36)(H,35,41);3H2,1-2H3;1-2H3/t15-,19-,21?,22?,32-;;/m0../s1. The van der Waals surface area contributed by atoms with Gasteiger partial charge in [-0.25, -0.2) is 0 Å². The number of carbonyl (C=O) groups is 4. The van der Waals surface area contributed by atoms with E-state index in [0.717, 1.165) is 0 Å². The number of aromatic hydroxyl groups is 2. The number of amides is 2. The van der Waals surface area contributed by atoms with Crippen molar-refractivity contribution >= 4 is 23.4 Å². The van der Waals surface area contributed by atoms with Gasteiger partial charge in [0.2, 0.25) is 11.7 Å². The van der Waals surface area contributed by atoms with E-state index in [1.807, 2.05) is 13.8 Å². The van der Waals surface area contributed by atoms with Crippen LogP contribution in [0, 0.1) is 0 Å². The number of ketones is 2. The first-order chi connectivity index (χ1) is 25.0. The highest BCUT2D eigenvalue weighted by Crippen LogP contribution is 2.52. The summed E-state index contributed by atoms with van der Waals surface area (Å²) in [6.45, 7) is 9.64. The molecule has 0 spiro atoms. The van der Waals surface area contributed by atoms with Gasteiger partial charge in [-0.05, 0) is 12.5 Å². The molecule has 2 unspecified atom stereocenters. The van der Waals surface area contributed by atoms with Crippen LogP contribution in [0.25, 0.3) is 0 Å². The predicted molar refractivity (Wildman–Crippen MR) is 188 cm³/mol. The molecule has 2 aliphatic carbocycles. The Balaban J connectivity index is 0.00000115. The number of likely N-dealkylation sites (N-methyl/N-ethyl adjacent to an activating group) is 1. The zero-order valence-electron chi connectivity index (χ0n) is 30.6. The van der Waals surface area contributed by atoms with Crippen LogP contribution in [0.4, 0.5) is 0 Å². The van der Waals surface area contributed by atoms with Gasteiger partial charge < -0.3 is 49.6 Å². The number of rotatable bonds is 8. The van der Waals surface area contributed by atoms with Gasteiger partial charge >= 0.3 is 0 Å². The van der Waals surface area contributed by atoms with Gasteiger partial charge in [-0.3, -0.25) is 24.5 Å². The van der Waals surface area contributed by atoms with Gasteiger partial charge in [-0.2, -0.15) is 0 Å². The van der Waals surface area contributed by atoms with Crippen LogP contribution in [0.2, 0.25) is 0 Å². The highest BCUT2D eigenvalue weighted by molar-refractivity contribution is 6.31. The molecule has 6 N–H and O–H groups in total. The monoisotopic (exact) mass is 729 g/mol. The van der Waals surface area contributed by atoms with Crippen LogP contribution in [0.1, 0.15) is 102 Å². The summed E-state index contributed by atoms with van der Waals surface area (Å²) < 4.78 is 29.0. The molecule has 15 nitrogen and oxygen atoms in total. The molecule has 4 aliphatic rings. The Bertz CT molecular complexity index is 1620. The number of carbonyl (C=O) groups excluding carboxylic acids is 4. The van der Waals surface area contributed by atoms with Gasteiger partial charge in [0.05, 0.1) is 62.4 Å². The molecular weight excluding hydrogens is 678 g/mol. The highest BCUT2D eigenvalue weighted by atomic mass is 16.7. The fourth-order valence-corrected chi connectivity index (χ4v) is 6.58. The number of fused-ring (bicyclic) bond motifs is 3. The zero-order valence-corrected chi connectivity index (χ0v) is 30.6. The third-order valence-electron chi connectivity index (χ3n) is 8.94. The third-order valence-corrected chi connectivity index (χ3v) is 8.94. The number of benzene rings is 2. The maximum absolute atomic E-state index is 13.9. The molecule has 6 rings (SSSR count). The van der Waals surface area contributed by atoms with Crippen molar-refractivity contribution in [3.05, 3.63) is 51.6 Å². The number of methoxy groups -OCH3 is 1. The Kier molecular flexibility index (Phi) is 14.1. The Hall–Kier alpha value is -4.12. The predicted octanol–water partition coefficient (Wildman–Crippen LogP) is 2.39. The number of aliphatic hydroxyl groups is 1. The van der Waals surface area contributed by atoms with Crippen LogP contribution < -0.4 is 20.7 Å². The molecule has 2 aromatic carbocycles. The van der Waals surface area contributed by atoms with E-state index in [0.29, 0.717) is 32.6 Å². The summed E-state index contributed by atoms with van der Waals surface area (Å²) in [6.07, 6.45) is -1.58. The molecule has 15 heteroatoms. The van der Waals surface area contributed by atoms with Crippen molar-refractivity contribution in [3.63, 3.8) is 0 Å². The molecule has 0 aromatic heterocycles. The van der Waals surface area contributed by atoms with Crippen LogP contribution in [0.3, 0.4) is 0 Å². The lowest BCUT2D eigenvalue weighted by molar-refractivity contribution is -0.233. The molecule has 0 radical (unpaired) electrons. The van der Waals surface area contributed by atoms with Crippen molar-refractivity contribution in [2.24, 2.45) is 0 Å². The van der Waals surface area contributed by atoms with E-state index >= 15 is 0 Å². The van der Waals surface area contributed by atoms with Crippen LogP contribution in [-0.4, -0.2) is 110 Å². The van der Waals surface area contributed by atoms with Crippen molar-refractivity contribution in [2.75, 3.05) is 47.1 Å². The van der Waals surface area contributed by atoms with Crippen molar-refractivity contribution in [3.8, 4) is 17.2 Å². The fourth-order valence-electron chi connectivity index (χ4n) is 6.58. The Labute approximate surface area is 303 Å². The minimum Gasteiger partial charge on any atom is -0.507 e. The third kappa shape index (κ3) is 8.40. The van der Waals surface area contributed by atoms with Crippen molar-refractivity contribution in [2.45, 2.75) is 90.1 Å². The lowest BCUT2D eigenvalue weighted by Crippen LogP contribution is -2.53. The smallest absolute Gasteiger partial charge is 0.252 e. The minimum atomic E-state index is -2.25. The SMILES string of the molecule is CC.CCC.CNC(=O)CNC(=O)[C@]1(O)Cc2c(O)c3c(c(O)c2[C@@H](OC2CC[C@H](OC4COCCN4)CO2)C1)C(=O)c1c(OC)cccc1C3=O. The van der Waals surface area contributed by atoms with Crippen molar-refractivity contribution in [1.82, 2.24) is 16.0 Å². The summed E-state index contributed by atoms with van der Waals surface area (Å²) >= 11 is 0. The van der Waals surface area contributed by atoms with Crippen LogP contribution >= 0.6 is 0 Å². The maximum Gasteiger partial charge on any atom is 0.252 e. The molecular formula is C37H51N3O12. The molecule has 5 atom stereocenters. The maximum atomic E-state index is 13.9. The normalized spacial score (nSPS) is 24.8. The average Bonchev–Trinajstić information content (AvgIpc) is 3.15. The van der Waals surface area contributed by atoms with E-state index in [1.54, 1.807) is 0 Å². The number of hydrogen-bond acceptors (Lipinski definition) is 13. The summed E-state index contributed by atoms with van der Waals surface area (Å²) in [4.78, 5) is 52.7. The molecule has 2 aromatic rings. The topological polar surface area (TPSA) is 211 Å². The van der Waals surface area contributed by atoms with Gasteiger partial charge in [0.25, 0.3) is 5.91 Å². The summed E-state index contributed by atoms with van der Waals surface area (Å²) in [5.41, 5.74) is -3.47. The largest absolute Gasteiger partial charge is 0.507 e. The molecule has 286 valence electrons. The molecule has 2 heterocycles. The summed E-state index contributed by atoms with van der Waals surface area (Å²) in [6, 6.07) is 4.42. The number of ether oxygens (including phenoxy) is 5. The minimum absolute atomic E-state index is 0.0407.